The van der Waals surface area contributed by atoms with Crippen LogP contribution in [-0.2, 0) is 10.8 Å². The van der Waals surface area contributed by atoms with Gasteiger partial charge in [0, 0.05) is 22.1 Å². The zero-order chi connectivity index (χ0) is 26.9. The van der Waals surface area contributed by atoms with Gasteiger partial charge in [0.25, 0.3) is 11.8 Å². The van der Waals surface area contributed by atoms with Gasteiger partial charge in [0.2, 0.25) is 0 Å². The number of nitrogens with zero attached hydrogens (tertiary/aromatic N) is 2. The third-order valence-corrected chi connectivity index (χ3v) is 5.27. The van der Waals surface area contributed by atoms with Crippen molar-refractivity contribution in [1.29, 1.82) is 0 Å². The zero-order valence-corrected chi connectivity index (χ0v) is 20.9. The van der Waals surface area contributed by atoms with E-state index in [4.69, 9.17) is 5.10 Å². The highest BCUT2D eigenvalue weighted by Crippen LogP contribution is 2.30. The van der Waals surface area contributed by atoms with Gasteiger partial charge in [-0.15, -0.1) is 13.2 Å². The summed E-state index contributed by atoms with van der Waals surface area (Å²) in [6.07, 6.45) is -4.96. The van der Waals surface area contributed by atoms with Gasteiger partial charge in [-0.1, -0.05) is 53.7 Å². The Morgan fingerprint density at radius 2 is 1.42 bits per heavy atom. The molecule has 0 bridgehead atoms. The van der Waals surface area contributed by atoms with Crippen LogP contribution in [0.1, 0.15) is 73.6 Å². The fraction of sp³-hybridized carbons (Fsp3) is 0.346. The van der Waals surface area contributed by atoms with Crippen LogP contribution < -0.4 is 15.6 Å². The van der Waals surface area contributed by atoms with Crippen LogP contribution in [0.25, 0.3) is 5.69 Å². The Morgan fingerprint density at radius 1 is 0.833 bits per heavy atom. The second kappa shape index (κ2) is 9.67. The number of carbonyl (C=O) groups is 2. The Labute approximate surface area is 207 Å². The van der Waals surface area contributed by atoms with E-state index in [9.17, 15) is 22.8 Å². The second-order valence-corrected chi connectivity index (χ2v) is 10.3. The highest BCUT2D eigenvalue weighted by molar-refractivity contribution is 6.00. The number of carbonyl (C=O) groups excluding carboxylic acids is 2. The molecule has 2 amide bonds. The van der Waals surface area contributed by atoms with Gasteiger partial charge in [0.15, 0.2) is 0 Å². The number of nitrogens with one attached hydrogen (secondary N) is 2. The summed E-state index contributed by atoms with van der Waals surface area (Å²) in [5.74, 6) is -2.28. The maximum atomic E-state index is 12.6. The van der Waals surface area contributed by atoms with E-state index in [-0.39, 0.29) is 22.0 Å². The molecule has 0 aliphatic heterocycles. The number of alkyl halides is 3. The molecule has 36 heavy (non-hydrogen) atoms. The van der Waals surface area contributed by atoms with Crippen molar-refractivity contribution in [2.24, 2.45) is 0 Å². The molecule has 3 rings (SSSR count). The van der Waals surface area contributed by atoms with E-state index in [1.165, 1.54) is 12.1 Å². The Bertz CT molecular complexity index is 1250. The molecule has 7 nitrogen and oxygen atoms in total. The van der Waals surface area contributed by atoms with E-state index in [2.05, 4.69) is 63.2 Å². The number of halogens is 3. The van der Waals surface area contributed by atoms with Crippen molar-refractivity contribution in [2.75, 3.05) is 0 Å². The third kappa shape index (κ3) is 6.44. The van der Waals surface area contributed by atoms with Crippen molar-refractivity contribution < 1.29 is 27.5 Å². The fourth-order valence-electron chi connectivity index (χ4n) is 3.35. The number of para-hydroxylation sites is 1. The number of hydrogen-bond acceptors (Lipinski definition) is 4. The highest BCUT2D eigenvalue weighted by atomic mass is 19.4. The van der Waals surface area contributed by atoms with Crippen LogP contribution in [0.15, 0.2) is 54.6 Å². The molecule has 0 radical (unpaired) electrons. The van der Waals surface area contributed by atoms with Crippen LogP contribution in [0, 0.1) is 0 Å². The largest absolute Gasteiger partial charge is 0.573 e. The van der Waals surface area contributed by atoms with Crippen LogP contribution in [0.3, 0.4) is 0 Å². The van der Waals surface area contributed by atoms with Crippen LogP contribution in [0.5, 0.6) is 5.75 Å². The first-order chi connectivity index (χ1) is 16.6. The minimum atomic E-state index is -4.96. The van der Waals surface area contributed by atoms with E-state index >= 15 is 0 Å². The third-order valence-electron chi connectivity index (χ3n) is 5.27. The molecule has 0 aliphatic carbocycles. The van der Waals surface area contributed by atoms with E-state index in [0.717, 1.165) is 29.2 Å². The van der Waals surface area contributed by atoms with Crippen LogP contribution in [0.2, 0.25) is 0 Å². The van der Waals surface area contributed by atoms with Gasteiger partial charge in [0.05, 0.1) is 16.9 Å². The van der Waals surface area contributed by atoms with Gasteiger partial charge in [-0.05, 0) is 42.5 Å². The number of hydrazine groups is 1. The predicted molar refractivity (Wildman–Crippen MR) is 129 cm³/mol. The number of amides is 2. The molecule has 0 atom stereocenters. The summed E-state index contributed by atoms with van der Waals surface area (Å²) in [5, 5.41) is 4.79. The molecule has 0 aliphatic rings. The quantitative estimate of drug-likeness (QED) is 0.465. The molecular weight excluding hydrogens is 473 g/mol. The Balaban J connectivity index is 1.75. The van der Waals surface area contributed by atoms with Crippen LogP contribution in [-0.4, -0.2) is 28.0 Å². The summed E-state index contributed by atoms with van der Waals surface area (Å²) in [5.41, 5.74) is 6.56. The molecule has 2 N–H and O–H groups in total. The lowest BCUT2D eigenvalue weighted by Crippen LogP contribution is -2.41. The zero-order valence-electron chi connectivity index (χ0n) is 20.9. The molecule has 0 saturated carbocycles. The van der Waals surface area contributed by atoms with Gasteiger partial charge < -0.3 is 4.74 Å². The topological polar surface area (TPSA) is 85.2 Å². The minimum absolute atomic E-state index is 0.146. The summed E-state index contributed by atoms with van der Waals surface area (Å²) < 4.78 is 43.5. The lowest BCUT2D eigenvalue weighted by atomic mass is 9.88. The molecule has 0 unspecified atom stereocenters. The second-order valence-electron chi connectivity index (χ2n) is 10.3. The summed E-state index contributed by atoms with van der Waals surface area (Å²) in [6, 6.07) is 13.5. The first-order valence-corrected chi connectivity index (χ1v) is 11.2. The van der Waals surface area contributed by atoms with Crippen LogP contribution in [0.4, 0.5) is 13.2 Å². The van der Waals surface area contributed by atoms with Crippen molar-refractivity contribution in [1.82, 2.24) is 20.6 Å². The van der Waals surface area contributed by atoms with Crippen molar-refractivity contribution in [3.05, 3.63) is 77.1 Å². The lowest BCUT2D eigenvalue weighted by molar-refractivity contribution is -0.274. The Kier molecular flexibility index (Phi) is 7.20. The van der Waals surface area contributed by atoms with Gasteiger partial charge in [0.1, 0.15) is 5.75 Å². The number of ether oxygens (including phenoxy) is 1. The molecule has 1 heterocycles. The predicted octanol–water partition coefficient (Wildman–Crippen LogP) is 5.44. The van der Waals surface area contributed by atoms with E-state index in [1.807, 2.05) is 4.68 Å². The fourth-order valence-corrected chi connectivity index (χ4v) is 3.35. The van der Waals surface area contributed by atoms with Crippen molar-refractivity contribution >= 4 is 11.8 Å². The molecule has 1 aromatic heterocycles. The number of aromatic nitrogens is 2. The van der Waals surface area contributed by atoms with E-state index in [0.29, 0.717) is 0 Å². The molecule has 0 saturated heterocycles. The highest BCUT2D eigenvalue weighted by Gasteiger charge is 2.33. The number of benzene rings is 2. The Hall–Kier alpha value is -3.82. The Morgan fingerprint density at radius 3 is 1.97 bits per heavy atom. The number of hydrogen-bond donors (Lipinski definition) is 2. The molecule has 3 aromatic rings. The maximum Gasteiger partial charge on any atom is 0.573 e. The van der Waals surface area contributed by atoms with Crippen molar-refractivity contribution in [2.45, 2.75) is 58.7 Å². The smallest absolute Gasteiger partial charge is 0.405 e. The molecular formula is C26H29F3N4O3. The molecule has 2 aromatic carbocycles. The van der Waals surface area contributed by atoms with Crippen LogP contribution >= 0.6 is 0 Å². The first-order valence-electron chi connectivity index (χ1n) is 11.2. The molecule has 0 fully saturated rings. The van der Waals surface area contributed by atoms with Gasteiger partial charge >= 0.3 is 6.36 Å². The summed E-state index contributed by atoms with van der Waals surface area (Å²) >= 11 is 0. The van der Waals surface area contributed by atoms with Crippen molar-refractivity contribution in [3.63, 3.8) is 0 Å². The molecule has 10 heteroatoms. The number of rotatable bonds is 4. The van der Waals surface area contributed by atoms with Gasteiger partial charge in [-0.3, -0.25) is 20.4 Å². The molecule has 0 spiro atoms. The van der Waals surface area contributed by atoms with E-state index < -0.39 is 23.9 Å². The van der Waals surface area contributed by atoms with Gasteiger partial charge in [-0.25, -0.2) is 4.68 Å². The van der Waals surface area contributed by atoms with Gasteiger partial charge in [-0.2, -0.15) is 5.10 Å². The SMILES string of the molecule is CC(C)(C)c1cc(C(C)(C)C)n(-c2ccc(C(=O)NNC(=O)c3ccccc3OC(F)(F)F)cc2)n1. The average molecular weight is 503 g/mol. The van der Waals surface area contributed by atoms with E-state index in [1.54, 1.807) is 24.3 Å². The van der Waals surface area contributed by atoms with Crippen molar-refractivity contribution in [3.8, 4) is 11.4 Å². The summed E-state index contributed by atoms with van der Waals surface area (Å²) in [4.78, 5) is 24.9. The normalized spacial score (nSPS) is 12.2. The summed E-state index contributed by atoms with van der Waals surface area (Å²) in [7, 11) is 0. The summed E-state index contributed by atoms with van der Waals surface area (Å²) in [6.45, 7) is 12.5. The molecule has 192 valence electrons. The first kappa shape index (κ1) is 26.8. The average Bonchev–Trinajstić information content (AvgIpc) is 3.23. The minimum Gasteiger partial charge on any atom is -0.405 e. The standard InChI is InChI=1S/C26H29F3N4O3/c1-24(2,3)20-15-21(25(4,5)6)33(32-20)17-13-11-16(12-14-17)22(34)30-31-23(35)18-9-7-8-10-19(18)36-26(27,28)29/h7-15H,1-6H3,(H,30,34)(H,31,35). The maximum absolute atomic E-state index is 12.6. The lowest BCUT2D eigenvalue weighted by Gasteiger charge is -2.20. The monoisotopic (exact) mass is 502 g/mol.